The van der Waals surface area contributed by atoms with Crippen LogP contribution >= 0.6 is 0 Å². The summed E-state index contributed by atoms with van der Waals surface area (Å²) in [6, 6.07) is 5.56. The molecule has 1 aromatic carbocycles. The Balaban J connectivity index is 2.43. The van der Waals surface area contributed by atoms with E-state index in [1.165, 1.54) is 30.5 Å². The van der Waals surface area contributed by atoms with Gasteiger partial charge in [0.05, 0.1) is 18.8 Å². The Bertz CT molecular complexity index is 659. The molecule has 2 aromatic rings. The molecule has 0 amide bonds. The van der Waals surface area contributed by atoms with E-state index < -0.39 is 18.2 Å². The standard InChI is InChI=1S/C13H12O6/c1-18-13(17)12(16)11(15)7-2-3-10-8(6-7)9(14)4-5-19-10/h2-6,11-12,15-16H,1H3. The van der Waals surface area contributed by atoms with E-state index in [1.807, 2.05) is 0 Å². The molecule has 0 aliphatic rings. The fraction of sp³-hybridized carbons (Fsp3) is 0.231. The Morgan fingerprint density at radius 3 is 2.74 bits per heavy atom. The lowest BCUT2D eigenvalue weighted by atomic mass is 10.0. The number of benzene rings is 1. The molecule has 1 aromatic heterocycles. The van der Waals surface area contributed by atoms with E-state index in [0.29, 0.717) is 5.58 Å². The van der Waals surface area contributed by atoms with E-state index in [1.54, 1.807) is 0 Å². The number of fused-ring (bicyclic) bond motifs is 1. The summed E-state index contributed by atoms with van der Waals surface area (Å²) >= 11 is 0. The fourth-order valence-corrected chi connectivity index (χ4v) is 1.72. The van der Waals surface area contributed by atoms with Gasteiger partial charge in [-0.05, 0) is 17.7 Å². The van der Waals surface area contributed by atoms with E-state index in [-0.39, 0.29) is 16.4 Å². The molecule has 19 heavy (non-hydrogen) atoms. The van der Waals surface area contributed by atoms with Gasteiger partial charge in [0.2, 0.25) is 0 Å². The van der Waals surface area contributed by atoms with Crippen LogP contribution in [0, 0.1) is 0 Å². The molecule has 2 rings (SSSR count). The lowest BCUT2D eigenvalue weighted by Crippen LogP contribution is -2.29. The van der Waals surface area contributed by atoms with Gasteiger partial charge in [-0.15, -0.1) is 0 Å². The molecule has 6 nitrogen and oxygen atoms in total. The Labute approximate surface area is 107 Å². The van der Waals surface area contributed by atoms with E-state index >= 15 is 0 Å². The number of aliphatic hydroxyl groups excluding tert-OH is 2. The van der Waals surface area contributed by atoms with Gasteiger partial charge in [-0.25, -0.2) is 4.79 Å². The van der Waals surface area contributed by atoms with Crippen molar-refractivity contribution in [2.45, 2.75) is 12.2 Å². The highest BCUT2D eigenvalue weighted by Crippen LogP contribution is 2.21. The van der Waals surface area contributed by atoms with Crippen molar-refractivity contribution in [3.8, 4) is 0 Å². The minimum absolute atomic E-state index is 0.226. The predicted octanol–water partition coefficient (Wildman–Crippen LogP) is 0.360. The maximum atomic E-state index is 11.6. The summed E-state index contributed by atoms with van der Waals surface area (Å²) in [6.45, 7) is 0. The van der Waals surface area contributed by atoms with Crippen molar-refractivity contribution in [1.82, 2.24) is 0 Å². The minimum atomic E-state index is -1.71. The molecule has 0 spiro atoms. The van der Waals surface area contributed by atoms with Crippen LogP contribution in [0.5, 0.6) is 0 Å². The molecule has 0 aliphatic carbocycles. The molecule has 0 radical (unpaired) electrons. The summed E-state index contributed by atoms with van der Waals surface area (Å²) < 4.78 is 9.46. The molecule has 2 atom stereocenters. The Morgan fingerprint density at radius 2 is 2.05 bits per heavy atom. The lowest BCUT2D eigenvalue weighted by molar-refractivity contribution is -0.156. The van der Waals surface area contributed by atoms with Crippen LogP contribution in [0.2, 0.25) is 0 Å². The average Bonchev–Trinajstić information content (AvgIpc) is 2.45. The zero-order valence-corrected chi connectivity index (χ0v) is 10.1. The third-order valence-corrected chi connectivity index (χ3v) is 2.77. The van der Waals surface area contributed by atoms with Crippen LogP contribution in [0.15, 0.2) is 39.7 Å². The molecule has 1 heterocycles. The topological polar surface area (TPSA) is 97.0 Å². The van der Waals surface area contributed by atoms with E-state index in [9.17, 15) is 19.8 Å². The van der Waals surface area contributed by atoms with Crippen LogP contribution in [0.25, 0.3) is 11.0 Å². The maximum Gasteiger partial charge on any atom is 0.337 e. The van der Waals surface area contributed by atoms with Gasteiger partial charge in [0.15, 0.2) is 11.5 Å². The number of carbonyl (C=O) groups is 1. The number of aliphatic hydroxyl groups is 2. The van der Waals surface area contributed by atoms with Crippen molar-refractivity contribution in [1.29, 1.82) is 0 Å². The number of esters is 1. The molecule has 2 unspecified atom stereocenters. The molecule has 6 heteroatoms. The molecule has 100 valence electrons. The summed E-state index contributed by atoms with van der Waals surface area (Å²) in [6.07, 6.45) is -1.92. The van der Waals surface area contributed by atoms with E-state index in [2.05, 4.69) is 4.74 Å². The van der Waals surface area contributed by atoms with Gasteiger partial charge in [0, 0.05) is 6.07 Å². The quantitative estimate of drug-likeness (QED) is 0.777. The van der Waals surface area contributed by atoms with E-state index in [0.717, 1.165) is 7.11 Å². The lowest BCUT2D eigenvalue weighted by Gasteiger charge is -2.16. The van der Waals surface area contributed by atoms with Crippen LogP contribution in [0.3, 0.4) is 0 Å². The summed E-state index contributed by atoms with van der Waals surface area (Å²) in [7, 11) is 1.10. The highest BCUT2D eigenvalue weighted by Gasteiger charge is 2.26. The minimum Gasteiger partial charge on any atom is -0.467 e. The normalized spacial score (nSPS) is 14.1. The number of hydrogen-bond donors (Lipinski definition) is 2. The predicted molar refractivity (Wildman–Crippen MR) is 65.5 cm³/mol. The fourth-order valence-electron chi connectivity index (χ4n) is 1.72. The van der Waals surface area contributed by atoms with Gasteiger partial charge >= 0.3 is 5.97 Å². The molecule has 2 N–H and O–H groups in total. The first-order valence-corrected chi connectivity index (χ1v) is 5.50. The number of methoxy groups -OCH3 is 1. The van der Waals surface area contributed by atoms with Crippen molar-refractivity contribution in [3.05, 3.63) is 46.3 Å². The molecule has 0 bridgehead atoms. The summed E-state index contributed by atoms with van der Waals surface area (Å²) in [5, 5.41) is 19.7. The van der Waals surface area contributed by atoms with Crippen molar-refractivity contribution in [3.63, 3.8) is 0 Å². The summed E-state index contributed by atoms with van der Waals surface area (Å²) in [4.78, 5) is 22.8. The average molecular weight is 264 g/mol. The maximum absolute atomic E-state index is 11.6. The second kappa shape index (κ2) is 5.21. The molecule has 0 aliphatic heterocycles. The van der Waals surface area contributed by atoms with Crippen LogP contribution < -0.4 is 5.43 Å². The Morgan fingerprint density at radius 1 is 1.32 bits per heavy atom. The first-order valence-electron chi connectivity index (χ1n) is 5.50. The first kappa shape index (κ1) is 13.3. The Kier molecular flexibility index (Phi) is 3.64. The largest absolute Gasteiger partial charge is 0.467 e. The zero-order chi connectivity index (χ0) is 14.0. The number of hydrogen-bond acceptors (Lipinski definition) is 6. The van der Waals surface area contributed by atoms with Crippen molar-refractivity contribution < 1.29 is 24.2 Å². The number of ether oxygens (including phenoxy) is 1. The second-order valence-corrected chi connectivity index (χ2v) is 3.95. The smallest absolute Gasteiger partial charge is 0.337 e. The first-order chi connectivity index (χ1) is 9.04. The van der Waals surface area contributed by atoms with Crippen LogP contribution in [0.1, 0.15) is 11.7 Å². The molecular formula is C13H12O6. The van der Waals surface area contributed by atoms with Gasteiger partial charge in [-0.3, -0.25) is 4.79 Å². The van der Waals surface area contributed by atoms with Gasteiger partial charge < -0.3 is 19.4 Å². The third kappa shape index (κ3) is 2.49. The monoisotopic (exact) mass is 264 g/mol. The van der Waals surface area contributed by atoms with Crippen molar-refractivity contribution in [2.24, 2.45) is 0 Å². The zero-order valence-electron chi connectivity index (χ0n) is 10.1. The molecular weight excluding hydrogens is 252 g/mol. The highest BCUT2D eigenvalue weighted by atomic mass is 16.5. The van der Waals surface area contributed by atoms with Crippen LogP contribution in [0.4, 0.5) is 0 Å². The summed E-state index contributed by atoms with van der Waals surface area (Å²) in [5.74, 6) is -0.951. The van der Waals surface area contributed by atoms with Crippen molar-refractivity contribution in [2.75, 3.05) is 7.11 Å². The molecule has 0 fully saturated rings. The third-order valence-electron chi connectivity index (χ3n) is 2.77. The van der Waals surface area contributed by atoms with Crippen LogP contribution in [-0.2, 0) is 9.53 Å². The second-order valence-electron chi connectivity index (χ2n) is 3.95. The molecule has 0 saturated carbocycles. The van der Waals surface area contributed by atoms with Crippen molar-refractivity contribution >= 4 is 16.9 Å². The summed E-state index contributed by atoms with van der Waals surface area (Å²) in [5.41, 5.74) is 0.308. The van der Waals surface area contributed by atoms with Gasteiger partial charge in [0.25, 0.3) is 0 Å². The van der Waals surface area contributed by atoms with E-state index in [4.69, 9.17) is 4.42 Å². The number of carbonyl (C=O) groups excluding carboxylic acids is 1. The highest BCUT2D eigenvalue weighted by molar-refractivity contribution is 5.78. The molecule has 0 saturated heterocycles. The van der Waals surface area contributed by atoms with Crippen LogP contribution in [-0.4, -0.2) is 29.4 Å². The number of rotatable bonds is 3. The van der Waals surface area contributed by atoms with Gasteiger partial charge in [-0.1, -0.05) is 6.07 Å². The van der Waals surface area contributed by atoms with Gasteiger partial charge in [0.1, 0.15) is 11.7 Å². The van der Waals surface area contributed by atoms with Gasteiger partial charge in [-0.2, -0.15) is 0 Å². The SMILES string of the molecule is COC(=O)C(O)C(O)c1ccc2occc(=O)c2c1. The Hall–Kier alpha value is -2.18.